The molecule has 0 heterocycles. The Morgan fingerprint density at radius 2 is 1.77 bits per heavy atom. The summed E-state index contributed by atoms with van der Waals surface area (Å²) in [6, 6.07) is 9.93. The second-order valence-corrected chi connectivity index (χ2v) is 7.74. The average molecular weight is 299 g/mol. The summed E-state index contributed by atoms with van der Waals surface area (Å²) in [6.45, 7) is 8.23. The van der Waals surface area contributed by atoms with Crippen LogP contribution in [0.2, 0.25) is 0 Å². The summed E-state index contributed by atoms with van der Waals surface area (Å²) in [5, 5.41) is 3.16. The lowest BCUT2D eigenvalue weighted by molar-refractivity contribution is -0.137. The molecular formula is C19H25NO2. The van der Waals surface area contributed by atoms with Crippen LogP contribution in [-0.4, -0.2) is 11.7 Å². The first-order valence-corrected chi connectivity index (χ1v) is 8.14. The molecule has 2 bridgehead atoms. The molecule has 1 aromatic carbocycles. The third-order valence-electron chi connectivity index (χ3n) is 6.79. The molecule has 118 valence electrons. The molecule has 1 amide bonds. The molecule has 22 heavy (non-hydrogen) atoms. The maximum absolute atomic E-state index is 13.0. The van der Waals surface area contributed by atoms with Gasteiger partial charge in [0.05, 0.1) is 11.5 Å². The van der Waals surface area contributed by atoms with Gasteiger partial charge in [-0.1, -0.05) is 51.1 Å². The van der Waals surface area contributed by atoms with E-state index in [1.807, 2.05) is 44.2 Å². The molecular weight excluding hydrogens is 274 g/mol. The van der Waals surface area contributed by atoms with Crippen LogP contribution in [0.1, 0.15) is 58.6 Å². The number of nitrogens with one attached hydrogen (secondary N) is 1. The van der Waals surface area contributed by atoms with Gasteiger partial charge in [-0.05, 0) is 30.7 Å². The van der Waals surface area contributed by atoms with Crippen molar-refractivity contribution in [2.24, 2.45) is 16.2 Å². The maximum atomic E-state index is 13.0. The first kappa shape index (κ1) is 15.3. The van der Waals surface area contributed by atoms with Crippen molar-refractivity contribution in [2.45, 2.75) is 53.0 Å². The maximum Gasteiger partial charge on any atom is 0.227 e. The van der Waals surface area contributed by atoms with Gasteiger partial charge in [-0.15, -0.1) is 0 Å². The van der Waals surface area contributed by atoms with Gasteiger partial charge in [0, 0.05) is 11.8 Å². The van der Waals surface area contributed by atoms with Gasteiger partial charge < -0.3 is 5.32 Å². The van der Waals surface area contributed by atoms with Gasteiger partial charge in [0.1, 0.15) is 5.78 Å². The van der Waals surface area contributed by atoms with E-state index in [0.717, 1.165) is 18.4 Å². The van der Waals surface area contributed by atoms with Crippen molar-refractivity contribution in [1.29, 1.82) is 0 Å². The Morgan fingerprint density at radius 1 is 1.14 bits per heavy atom. The van der Waals surface area contributed by atoms with Crippen LogP contribution in [0.15, 0.2) is 30.3 Å². The molecule has 0 aliphatic heterocycles. The van der Waals surface area contributed by atoms with Crippen molar-refractivity contribution < 1.29 is 9.59 Å². The van der Waals surface area contributed by atoms with E-state index in [1.54, 1.807) is 0 Å². The topological polar surface area (TPSA) is 46.2 Å². The number of Topliss-reactive ketones (excluding diaryl/α,β-unsaturated/α-hetero) is 1. The molecule has 2 aliphatic carbocycles. The Balaban J connectivity index is 1.85. The third kappa shape index (κ3) is 1.74. The predicted octanol–water partition coefficient (Wildman–Crippen LogP) is 3.65. The van der Waals surface area contributed by atoms with Gasteiger partial charge in [0.2, 0.25) is 5.91 Å². The van der Waals surface area contributed by atoms with Crippen LogP contribution in [0.5, 0.6) is 0 Å². The van der Waals surface area contributed by atoms with E-state index < -0.39 is 5.41 Å². The number of fused-ring (bicyclic) bond motifs is 2. The molecule has 3 rings (SSSR count). The predicted molar refractivity (Wildman–Crippen MR) is 86.2 cm³/mol. The van der Waals surface area contributed by atoms with Crippen LogP contribution in [-0.2, 0) is 9.59 Å². The van der Waals surface area contributed by atoms with Crippen molar-refractivity contribution in [3.05, 3.63) is 35.9 Å². The van der Waals surface area contributed by atoms with Crippen LogP contribution >= 0.6 is 0 Å². The minimum absolute atomic E-state index is 0.0403. The van der Waals surface area contributed by atoms with Crippen molar-refractivity contribution in [1.82, 2.24) is 5.32 Å². The number of carbonyl (C=O) groups excluding carboxylic acids is 2. The number of ketones is 1. The Bertz CT molecular complexity index is 622. The van der Waals surface area contributed by atoms with Gasteiger partial charge in [0.15, 0.2) is 0 Å². The normalized spacial score (nSPS) is 33.7. The monoisotopic (exact) mass is 299 g/mol. The Morgan fingerprint density at radius 3 is 2.27 bits per heavy atom. The van der Waals surface area contributed by atoms with Crippen LogP contribution in [0.3, 0.4) is 0 Å². The summed E-state index contributed by atoms with van der Waals surface area (Å²) in [4.78, 5) is 25.5. The number of amides is 1. The molecule has 2 aliphatic rings. The Kier molecular flexibility index (Phi) is 3.24. The number of carbonyl (C=O) groups is 2. The van der Waals surface area contributed by atoms with E-state index in [9.17, 15) is 9.59 Å². The van der Waals surface area contributed by atoms with Gasteiger partial charge in [-0.2, -0.15) is 0 Å². The molecule has 3 unspecified atom stereocenters. The smallest absolute Gasteiger partial charge is 0.227 e. The summed E-state index contributed by atoms with van der Waals surface area (Å²) < 4.78 is 0. The summed E-state index contributed by atoms with van der Waals surface area (Å²) in [5.41, 5.74) is -0.0742. The highest BCUT2D eigenvalue weighted by Gasteiger charge is 2.72. The number of hydrogen-bond donors (Lipinski definition) is 1. The van der Waals surface area contributed by atoms with Gasteiger partial charge >= 0.3 is 0 Å². The van der Waals surface area contributed by atoms with Crippen LogP contribution in [0.25, 0.3) is 0 Å². The third-order valence-corrected chi connectivity index (χ3v) is 6.79. The zero-order chi connectivity index (χ0) is 16.2. The zero-order valence-corrected chi connectivity index (χ0v) is 13.9. The highest BCUT2D eigenvalue weighted by Crippen LogP contribution is 2.70. The lowest BCUT2D eigenvalue weighted by Crippen LogP contribution is -2.47. The van der Waals surface area contributed by atoms with Crippen molar-refractivity contribution in [3.63, 3.8) is 0 Å². The molecule has 2 fully saturated rings. The fourth-order valence-corrected chi connectivity index (χ4v) is 4.52. The second-order valence-electron chi connectivity index (χ2n) is 7.74. The molecule has 2 saturated carbocycles. The molecule has 0 radical (unpaired) electrons. The molecule has 3 atom stereocenters. The fraction of sp³-hybridized carbons (Fsp3) is 0.579. The summed E-state index contributed by atoms with van der Waals surface area (Å²) in [6.07, 6.45) is 2.03. The van der Waals surface area contributed by atoms with Gasteiger partial charge in [-0.3, -0.25) is 9.59 Å². The quantitative estimate of drug-likeness (QED) is 0.926. The van der Waals surface area contributed by atoms with E-state index in [4.69, 9.17) is 0 Å². The fourth-order valence-electron chi connectivity index (χ4n) is 4.52. The SMILES string of the molecule is CC(NC(=O)C12CCC(C)(C(=O)C1)C2(C)C)c1ccccc1. The number of hydrogen-bond acceptors (Lipinski definition) is 2. The van der Waals surface area contributed by atoms with Gasteiger partial charge in [0.25, 0.3) is 0 Å². The van der Waals surface area contributed by atoms with Crippen LogP contribution in [0.4, 0.5) is 0 Å². The minimum Gasteiger partial charge on any atom is -0.349 e. The van der Waals surface area contributed by atoms with E-state index in [1.165, 1.54) is 0 Å². The minimum atomic E-state index is -0.540. The molecule has 1 aromatic rings. The summed E-state index contributed by atoms with van der Waals surface area (Å²) in [7, 11) is 0. The molecule has 0 aromatic heterocycles. The first-order valence-electron chi connectivity index (χ1n) is 8.14. The van der Waals surface area contributed by atoms with Crippen molar-refractivity contribution >= 4 is 11.7 Å². The molecule has 3 nitrogen and oxygen atoms in total. The van der Waals surface area contributed by atoms with E-state index in [-0.39, 0.29) is 28.6 Å². The molecule has 0 spiro atoms. The lowest BCUT2D eigenvalue weighted by Gasteiger charge is -2.39. The largest absolute Gasteiger partial charge is 0.349 e. The standard InChI is InChI=1S/C19H25NO2/c1-13(14-8-6-5-7-9-14)20-16(22)19-11-10-18(4,15(21)12-19)17(19,2)3/h5-9,13H,10-12H2,1-4H3,(H,20,22). The Hall–Kier alpha value is -1.64. The van der Waals surface area contributed by atoms with Crippen LogP contribution < -0.4 is 5.32 Å². The van der Waals surface area contributed by atoms with E-state index in [0.29, 0.717) is 6.42 Å². The highest BCUT2D eigenvalue weighted by atomic mass is 16.2. The summed E-state index contributed by atoms with van der Waals surface area (Å²) >= 11 is 0. The number of rotatable bonds is 3. The molecule has 0 saturated heterocycles. The van der Waals surface area contributed by atoms with Gasteiger partial charge in [-0.25, -0.2) is 0 Å². The van der Waals surface area contributed by atoms with Crippen molar-refractivity contribution in [3.8, 4) is 0 Å². The van der Waals surface area contributed by atoms with E-state index in [2.05, 4.69) is 19.2 Å². The molecule has 3 heteroatoms. The first-order chi connectivity index (χ1) is 10.2. The van der Waals surface area contributed by atoms with Crippen LogP contribution in [0, 0.1) is 16.2 Å². The van der Waals surface area contributed by atoms with E-state index >= 15 is 0 Å². The summed E-state index contributed by atoms with van der Waals surface area (Å²) in [5.74, 6) is 0.301. The molecule has 1 N–H and O–H groups in total. The second kappa shape index (κ2) is 4.68. The lowest BCUT2D eigenvalue weighted by atomic mass is 9.64. The van der Waals surface area contributed by atoms with Crippen molar-refractivity contribution in [2.75, 3.05) is 0 Å². The number of benzene rings is 1. The zero-order valence-electron chi connectivity index (χ0n) is 13.9. The Labute approximate surface area is 132 Å². The highest BCUT2D eigenvalue weighted by molar-refractivity contribution is 5.99. The average Bonchev–Trinajstić information content (AvgIpc) is 2.78.